The van der Waals surface area contributed by atoms with E-state index in [9.17, 15) is 9.59 Å². The summed E-state index contributed by atoms with van der Waals surface area (Å²) >= 11 is 1.16. The molecule has 21 heavy (non-hydrogen) atoms. The van der Waals surface area contributed by atoms with Crippen molar-refractivity contribution < 1.29 is 19.4 Å². The number of hydrogen-bond acceptors (Lipinski definition) is 5. The smallest absolute Gasteiger partial charge is 0.325 e. The molecule has 3 N–H and O–H groups in total. The average Bonchev–Trinajstić information content (AvgIpc) is 2.85. The number of carboxylic acid groups (broad SMARTS) is 1. The fourth-order valence-electron chi connectivity index (χ4n) is 1.60. The summed E-state index contributed by atoms with van der Waals surface area (Å²) in [6.45, 7) is 0. The molecule has 0 radical (unpaired) electrons. The summed E-state index contributed by atoms with van der Waals surface area (Å²) in [5.74, 6) is -0.427. The zero-order chi connectivity index (χ0) is 15.2. The molecule has 2 aromatic rings. The Balaban J connectivity index is 1.98. The van der Waals surface area contributed by atoms with Gasteiger partial charge in [0.05, 0.1) is 24.9 Å². The van der Waals surface area contributed by atoms with Crippen LogP contribution >= 0.6 is 11.3 Å². The number of aliphatic carboxylic acids is 1. The van der Waals surface area contributed by atoms with Gasteiger partial charge in [0.15, 0.2) is 5.13 Å². The molecular formula is C13H13N3O4S. The van der Waals surface area contributed by atoms with Crippen molar-refractivity contribution in [2.45, 2.75) is 6.42 Å². The number of urea groups is 1. The number of thiazole rings is 1. The predicted molar refractivity (Wildman–Crippen MR) is 79.1 cm³/mol. The number of carbonyl (C=O) groups excluding carboxylic acids is 1. The van der Waals surface area contributed by atoms with E-state index in [2.05, 4.69) is 15.6 Å². The molecule has 8 heteroatoms. The molecule has 1 aromatic carbocycles. The monoisotopic (exact) mass is 307 g/mol. The van der Waals surface area contributed by atoms with E-state index in [0.717, 1.165) is 11.3 Å². The number of para-hydroxylation sites is 2. The van der Waals surface area contributed by atoms with Crippen LogP contribution in [0.3, 0.4) is 0 Å². The first kappa shape index (κ1) is 14.8. The van der Waals surface area contributed by atoms with Gasteiger partial charge in [-0.15, -0.1) is 11.3 Å². The van der Waals surface area contributed by atoms with Gasteiger partial charge in [-0.3, -0.25) is 10.1 Å². The summed E-state index contributed by atoms with van der Waals surface area (Å²) in [7, 11) is 1.51. The van der Waals surface area contributed by atoms with Gasteiger partial charge in [0, 0.05) is 5.38 Å². The van der Waals surface area contributed by atoms with Crippen LogP contribution in [-0.2, 0) is 11.2 Å². The molecule has 0 spiro atoms. The molecule has 2 amide bonds. The van der Waals surface area contributed by atoms with Crippen molar-refractivity contribution in [3.8, 4) is 5.75 Å². The molecule has 0 saturated heterocycles. The van der Waals surface area contributed by atoms with Crippen LogP contribution in [0.2, 0.25) is 0 Å². The number of amides is 2. The first-order valence-electron chi connectivity index (χ1n) is 5.95. The van der Waals surface area contributed by atoms with E-state index in [4.69, 9.17) is 9.84 Å². The molecule has 0 aliphatic heterocycles. The second-order valence-corrected chi connectivity index (χ2v) is 4.85. The van der Waals surface area contributed by atoms with Crippen molar-refractivity contribution >= 4 is 34.2 Å². The number of carboxylic acids is 1. The van der Waals surface area contributed by atoms with Gasteiger partial charge < -0.3 is 15.2 Å². The number of benzene rings is 1. The van der Waals surface area contributed by atoms with Gasteiger partial charge >= 0.3 is 12.0 Å². The summed E-state index contributed by atoms with van der Waals surface area (Å²) in [5.41, 5.74) is 0.930. The lowest BCUT2D eigenvalue weighted by atomic mass is 10.3. The highest BCUT2D eigenvalue weighted by Crippen LogP contribution is 2.23. The van der Waals surface area contributed by atoms with Crippen molar-refractivity contribution in [3.05, 3.63) is 35.3 Å². The second-order valence-electron chi connectivity index (χ2n) is 3.99. The molecule has 2 rings (SSSR count). The van der Waals surface area contributed by atoms with Gasteiger partial charge in [-0.05, 0) is 12.1 Å². The first-order valence-corrected chi connectivity index (χ1v) is 6.83. The predicted octanol–water partition coefficient (Wildman–Crippen LogP) is 2.42. The number of ether oxygens (including phenoxy) is 1. The van der Waals surface area contributed by atoms with E-state index in [0.29, 0.717) is 22.3 Å². The molecule has 0 fully saturated rings. The molecule has 0 aliphatic carbocycles. The maximum absolute atomic E-state index is 11.9. The molecular weight excluding hydrogens is 294 g/mol. The van der Waals surface area contributed by atoms with Gasteiger partial charge in [-0.1, -0.05) is 12.1 Å². The molecule has 7 nitrogen and oxygen atoms in total. The number of rotatable bonds is 5. The van der Waals surface area contributed by atoms with E-state index in [-0.39, 0.29) is 6.42 Å². The van der Waals surface area contributed by atoms with Crippen molar-refractivity contribution in [1.29, 1.82) is 0 Å². The molecule has 0 saturated carbocycles. The lowest BCUT2D eigenvalue weighted by molar-refractivity contribution is -0.136. The minimum atomic E-state index is -0.967. The van der Waals surface area contributed by atoms with Crippen LogP contribution in [0.25, 0.3) is 0 Å². The van der Waals surface area contributed by atoms with Crippen LogP contribution in [-0.4, -0.2) is 29.2 Å². The van der Waals surface area contributed by atoms with Crippen molar-refractivity contribution in [1.82, 2.24) is 4.98 Å². The summed E-state index contributed by atoms with van der Waals surface area (Å²) in [6, 6.07) is 6.52. The first-order chi connectivity index (χ1) is 10.1. The minimum absolute atomic E-state index is 0.174. The quantitative estimate of drug-likeness (QED) is 0.787. The standard InChI is InChI=1S/C13H13N3O4S/c1-20-10-5-3-2-4-9(10)15-12(19)16-13-14-8(7-21-13)6-11(17)18/h2-5,7H,6H2,1H3,(H,17,18)(H2,14,15,16,19). The molecule has 0 unspecified atom stereocenters. The average molecular weight is 307 g/mol. The van der Waals surface area contributed by atoms with Crippen LogP contribution in [0.1, 0.15) is 5.69 Å². The van der Waals surface area contributed by atoms with E-state index in [1.165, 1.54) is 7.11 Å². The van der Waals surface area contributed by atoms with Crippen LogP contribution in [0.5, 0.6) is 5.75 Å². The number of nitrogens with one attached hydrogen (secondary N) is 2. The SMILES string of the molecule is COc1ccccc1NC(=O)Nc1nc(CC(=O)O)cs1. The van der Waals surface area contributed by atoms with Crippen LogP contribution in [0, 0.1) is 0 Å². The Morgan fingerprint density at radius 3 is 2.81 bits per heavy atom. The van der Waals surface area contributed by atoms with Gasteiger partial charge in [-0.25, -0.2) is 9.78 Å². The van der Waals surface area contributed by atoms with Crippen molar-refractivity contribution in [3.63, 3.8) is 0 Å². The Morgan fingerprint density at radius 2 is 2.10 bits per heavy atom. The highest BCUT2D eigenvalue weighted by atomic mass is 32.1. The summed E-state index contributed by atoms with van der Waals surface area (Å²) in [5, 5.41) is 15.8. The lowest BCUT2D eigenvalue weighted by Gasteiger charge is -2.09. The number of nitrogens with zero attached hydrogens (tertiary/aromatic N) is 1. The summed E-state index contributed by atoms with van der Waals surface area (Å²) in [4.78, 5) is 26.4. The fraction of sp³-hybridized carbons (Fsp3) is 0.154. The van der Waals surface area contributed by atoms with Gasteiger partial charge in [0.2, 0.25) is 0 Å². The number of anilines is 2. The van der Waals surface area contributed by atoms with Gasteiger partial charge in [0.1, 0.15) is 5.75 Å². The van der Waals surface area contributed by atoms with Gasteiger partial charge in [-0.2, -0.15) is 0 Å². The highest BCUT2D eigenvalue weighted by Gasteiger charge is 2.10. The topological polar surface area (TPSA) is 101 Å². The van der Waals surface area contributed by atoms with Crippen molar-refractivity contribution in [2.24, 2.45) is 0 Å². The third-order valence-corrected chi connectivity index (χ3v) is 3.27. The molecule has 110 valence electrons. The fourth-order valence-corrected chi connectivity index (χ4v) is 2.30. The zero-order valence-electron chi connectivity index (χ0n) is 11.1. The Morgan fingerprint density at radius 1 is 1.33 bits per heavy atom. The Hall–Kier alpha value is -2.61. The minimum Gasteiger partial charge on any atom is -0.495 e. The normalized spacial score (nSPS) is 9.95. The second kappa shape index (κ2) is 6.71. The van der Waals surface area contributed by atoms with Crippen LogP contribution < -0.4 is 15.4 Å². The van der Waals surface area contributed by atoms with E-state index < -0.39 is 12.0 Å². The molecule has 1 heterocycles. The maximum atomic E-state index is 11.9. The number of carbonyl (C=O) groups is 2. The van der Waals surface area contributed by atoms with E-state index in [1.807, 2.05) is 0 Å². The third kappa shape index (κ3) is 4.18. The summed E-state index contributed by atoms with van der Waals surface area (Å²) < 4.78 is 5.12. The molecule has 0 atom stereocenters. The maximum Gasteiger partial charge on any atom is 0.325 e. The number of aromatic nitrogens is 1. The zero-order valence-corrected chi connectivity index (χ0v) is 11.9. The Labute approximate surface area is 124 Å². The third-order valence-electron chi connectivity index (χ3n) is 2.46. The summed E-state index contributed by atoms with van der Waals surface area (Å²) in [6.07, 6.45) is -0.174. The van der Waals surface area contributed by atoms with E-state index >= 15 is 0 Å². The number of methoxy groups -OCH3 is 1. The molecule has 0 aliphatic rings. The Bertz CT molecular complexity index is 656. The van der Waals surface area contributed by atoms with Gasteiger partial charge in [0.25, 0.3) is 0 Å². The molecule has 1 aromatic heterocycles. The largest absolute Gasteiger partial charge is 0.495 e. The lowest BCUT2D eigenvalue weighted by Crippen LogP contribution is -2.19. The van der Waals surface area contributed by atoms with E-state index in [1.54, 1.807) is 29.6 Å². The van der Waals surface area contributed by atoms with Crippen LogP contribution in [0.4, 0.5) is 15.6 Å². The molecule has 0 bridgehead atoms. The highest BCUT2D eigenvalue weighted by molar-refractivity contribution is 7.13. The van der Waals surface area contributed by atoms with Crippen LogP contribution in [0.15, 0.2) is 29.6 Å². The number of hydrogen-bond donors (Lipinski definition) is 3. The Kier molecular flexibility index (Phi) is 4.72. The van der Waals surface area contributed by atoms with Crippen molar-refractivity contribution in [2.75, 3.05) is 17.7 Å².